The number of anilines is 1. The average molecular weight is 367 g/mol. The Morgan fingerprint density at radius 1 is 1.28 bits per heavy atom. The number of carbonyl (C=O) groups is 1. The van der Waals surface area contributed by atoms with Crippen LogP contribution in [0.5, 0.6) is 5.75 Å². The molecule has 2 heterocycles. The predicted molar refractivity (Wildman–Crippen MR) is 94.9 cm³/mol. The van der Waals surface area contributed by atoms with Crippen molar-refractivity contribution in [2.75, 3.05) is 25.5 Å². The Balaban J connectivity index is 1.74. The average Bonchev–Trinajstić information content (AvgIpc) is 2.60. The van der Waals surface area contributed by atoms with Crippen molar-refractivity contribution in [3.63, 3.8) is 0 Å². The predicted octanol–water partition coefficient (Wildman–Crippen LogP) is 1.62. The number of rotatable bonds is 3. The molecule has 0 bridgehead atoms. The van der Waals surface area contributed by atoms with Crippen LogP contribution in [0.4, 0.5) is 5.69 Å². The molecule has 0 aliphatic carbocycles. The van der Waals surface area contributed by atoms with Gasteiger partial charge in [-0.1, -0.05) is 13.8 Å². The van der Waals surface area contributed by atoms with E-state index in [4.69, 9.17) is 4.74 Å². The van der Waals surface area contributed by atoms with Crippen molar-refractivity contribution in [3.8, 4) is 5.75 Å². The molecule has 1 aromatic carbocycles. The lowest BCUT2D eigenvalue weighted by Crippen LogP contribution is -2.52. The number of nitrogens with one attached hydrogen (secondary N) is 2. The molecule has 7 nitrogen and oxygen atoms in total. The zero-order chi connectivity index (χ0) is 18.2. The van der Waals surface area contributed by atoms with Crippen LogP contribution in [-0.2, 0) is 14.8 Å². The molecule has 0 saturated carbocycles. The number of ether oxygens (including phenoxy) is 1. The van der Waals surface area contributed by atoms with E-state index in [-0.39, 0.29) is 28.8 Å². The number of nitrogens with zero attached hydrogens (tertiary/aromatic N) is 1. The fraction of sp³-hybridized carbons (Fsp3) is 0.588. The molecule has 3 rings (SSSR count). The quantitative estimate of drug-likeness (QED) is 0.848. The highest BCUT2D eigenvalue weighted by molar-refractivity contribution is 7.89. The van der Waals surface area contributed by atoms with E-state index in [1.807, 2.05) is 18.7 Å². The summed E-state index contributed by atoms with van der Waals surface area (Å²) in [5, 5.41) is 3.29. The second-order valence-electron chi connectivity index (χ2n) is 6.92. The fourth-order valence-corrected chi connectivity index (χ4v) is 4.81. The topological polar surface area (TPSA) is 87.7 Å². The van der Waals surface area contributed by atoms with Crippen LogP contribution >= 0.6 is 0 Å². The van der Waals surface area contributed by atoms with E-state index < -0.39 is 10.0 Å². The largest absolute Gasteiger partial charge is 0.497 e. The van der Waals surface area contributed by atoms with E-state index in [1.54, 1.807) is 25.3 Å². The number of amides is 1. The molecule has 2 aliphatic heterocycles. The van der Waals surface area contributed by atoms with Crippen molar-refractivity contribution in [2.24, 2.45) is 11.8 Å². The van der Waals surface area contributed by atoms with Gasteiger partial charge in [-0.15, -0.1) is 0 Å². The summed E-state index contributed by atoms with van der Waals surface area (Å²) in [6.07, 6.45) is 1.15. The molecule has 0 spiro atoms. The first-order valence-electron chi connectivity index (χ1n) is 8.57. The summed E-state index contributed by atoms with van der Waals surface area (Å²) in [5.74, 6) is 0.887. The normalized spacial score (nSPS) is 23.0. The molecule has 1 saturated heterocycles. The lowest BCUT2D eigenvalue weighted by Gasteiger charge is -2.39. The summed E-state index contributed by atoms with van der Waals surface area (Å²) in [5.41, 5.74) is 0.559. The summed E-state index contributed by atoms with van der Waals surface area (Å²) < 4.78 is 33.0. The van der Waals surface area contributed by atoms with Gasteiger partial charge in [0.25, 0.3) is 0 Å². The van der Waals surface area contributed by atoms with E-state index in [0.29, 0.717) is 24.5 Å². The maximum Gasteiger partial charge on any atom is 0.244 e. The lowest BCUT2D eigenvalue weighted by atomic mass is 9.93. The molecule has 0 unspecified atom stereocenters. The Kier molecular flexibility index (Phi) is 4.92. The third-order valence-corrected chi connectivity index (χ3v) is 6.39. The zero-order valence-electron chi connectivity index (χ0n) is 14.8. The summed E-state index contributed by atoms with van der Waals surface area (Å²) in [7, 11) is -2.01. The number of methoxy groups -OCH3 is 1. The van der Waals surface area contributed by atoms with Gasteiger partial charge in [-0.3, -0.25) is 4.79 Å². The Bertz CT molecular complexity index is 755. The first-order chi connectivity index (χ1) is 11.8. The number of likely N-dealkylation sites (tertiary alicyclic amines) is 1. The monoisotopic (exact) mass is 367 g/mol. The molecule has 0 aromatic heterocycles. The third-order valence-electron chi connectivity index (χ3n) is 4.89. The number of sulfonamides is 1. The van der Waals surface area contributed by atoms with Crippen LogP contribution in [0, 0.1) is 11.8 Å². The van der Waals surface area contributed by atoms with Gasteiger partial charge in [0.05, 0.1) is 19.0 Å². The van der Waals surface area contributed by atoms with Crippen LogP contribution < -0.4 is 14.8 Å². The van der Waals surface area contributed by atoms with E-state index in [9.17, 15) is 13.2 Å². The van der Waals surface area contributed by atoms with E-state index in [2.05, 4.69) is 10.0 Å². The molecule has 2 aliphatic rings. The first-order valence-corrected chi connectivity index (χ1v) is 10.1. The Hall–Kier alpha value is -1.80. The van der Waals surface area contributed by atoms with Crippen molar-refractivity contribution in [2.45, 2.75) is 37.8 Å². The standard InChI is InChI=1S/C17H25N3O4S/c1-11(2)17(21)20-8-6-12(7-9-20)16-18-14-10-13(24-3)4-5-15(14)25(22,23)19-16/h4-5,10-12,16,18-19H,6-9H2,1-3H3/t16-/m0/s1. The van der Waals surface area contributed by atoms with Gasteiger partial charge < -0.3 is 15.0 Å². The molecule has 1 fully saturated rings. The number of hydrogen-bond donors (Lipinski definition) is 2. The molecular formula is C17H25N3O4S. The molecule has 2 N–H and O–H groups in total. The van der Waals surface area contributed by atoms with Crippen molar-refractivity contribution in [3.05, 3.63) is 18.2 Å². The molecule has 1 amide bonds. The summed E-state index contributed by atoms with van der Waals surface area (Å²) in [6, 6.07) is 4.89. The minimum Gasteiger partial charge on any atom is -0.497 e. The number of fused-ring (bicyclic) bond motifs is 1. The minimum atomic E-state index is -3.56. The smallest absolute Gasteiger partial charge is 0.244 e. The van der Waals surface area contributed by atoms with Gasteiger partial charge in [-0.2, -0.15) is 4.72 Å². The van der Waals surface area contributed by atoms with Crippen molar-refractivity contribution < 1.29 is 17.9 Å². The van der Waals surface area contributed by atoms with Gasteiger partial charge in [-0.25, -0.2) is 8.42 Å². The van der Waals surface area contributed by atoms with Crippen LogP contribution in [0.3, 0.4) is 0 Å². The maximum absolute atomic E-state index is 12.5. The summed E-state index contributed by atoms with van der Waals surface area (Å²) in [6.45, 7) is 5.12. The summed E-state index contributed by atoms with van der Waals surface area (Å²) >= 11 is 0. The second-order valence-corrected chi connectivity index (χ2v) is 8.61. The molecular weight excluding hydrogens is 342 g/mol. The number of hydrogen-bond acceptors (Lipinski definition) is 5. The van der Waals surface area contributed by atoms with Gasteiger partial charge in [0, 0.05) is 25.1 Å². The van der Waals surface area contributed by atoms with E-state index in [0.717, 1.165) is 12.8 Å². The Morgan fingerprint density at radius 3 is 2.56 bits per heavy atom. The Morgan fingerprint density at radius 2 is 1.96 bits per heavy atom. The number of carbonyl (C=O) groups excluding carboxylic acids is 1. The van der Waals surface area contributed by atoms with Crippen LogP contribution in [0.2, 0.25) is 0 Å². The highest BCUT2D eigenvalue weighted by Gasteiger charge is 2.36. The highest BCUT2D eigenvalue weighted by atomic mass is 32.2. The van der Waals surface area contributed by atoms with Crippen LogP contribution in [0.1, 0.15) is 26.7 Å². The zero-order valence-corrected chi connectivity index (χ0v) is 15.6. The molecule has 1 atom stereocenters. The van der Waals surface area contributed by atoms with Crippen LogP contribution in [0.15, 0.2) is 23.1 Å². The first kappa shape index (κ1) is 18.0. The van der Waals surface area contributed by atoms with Gasteiger partial charge in [0.15, 0.2) is 0 Å². The number of piperidine rings is 1. The third kappa shape index (κ3) is 3.59. The number of benzene rings is 1. The molecule has 138 valence electrons. The minimum absolute atomic E-state index is 0.0119. The molecule has 1 aromatic rings. The highest BCUT2D eigenvalue weighted by Crippen LogP contribution is 2.33. The van der Waals surface area contributed by atoms with Crippen molar-refractivity contribution >= 4 is 21.6 Å². The summed E-state index contributed by atoms with van der Waals surface area (Å²) in [4.78, 5) is 14.2. The Labute approximate surface area is 148 Å². The van der Waals surface area contributed by atoms with Gasteiger partial charge in [-0.05, 0) is 30.9 Å². The van der Waals surface area contributed by atoms with Gasteiger partial charge >= 0.3 is 0 Å². The lowest BCUT2D eigenvalue weighted by molar-refractivity contribution is -0.135. The SMILES string of the molecule is COc1ccc2c(c1)N[C@H](C1CCN(C(=O)C(C)C)CC1)NS2(=O)=O. The molecule has 0 radical (unpaired) electrons. The van der Waals surface area contributed by atoms with Crippen LogP contribution in [0.25, 0.3) is 0 Å². The second kappa shape index (κ2) is 6.84. The maximum atomic E-state index is 12.5. The molecule has 25 heavy (non-hydrogen) atoms. The van der Waals surface area contributed by atoms with Crippen molar-refractivity contribution in [1.82, 2.24) is 9.62 Å². The van der Waals surface area contributed by atoms with Crippen LogP contribution in [-0.4, -0.2) is 45.6 Å². The van der Waals surface area contributed by atoms with Crippen molar-refractivity contribution in [1.29, 1.82) is 0 Å². The van der Waals surface area contributed by atoms with E-state index >= 15 is 0 Å². The molecule has 8 heteroatoms. The van der Waals surface area contributed by atoms with Gasteiger partial charge in [0.2, 0.25) is 15.9 Å². The van der Waals surface area contributed by atoms with Gasteiger partial charge in [0.1, 0.15) is 10.6 Å². The van der Waals surface area contributed by atoms with E-state index in [1.165, 1.54) is 0 Å². The fourth-order valence-electron chi connectivity index (χ4n) is 3.44.